The van der Waals surface area contributed by atoms with Crippen LogP contribution in [-0.2, 0) is 9.53 Å². The van der Waals surface area contributed by atoms with Crippen LogP contribution < -0.4 is 5.32 Å². The van der Waals surface area contributed by atoms with Gasteiger partial charge in [0.25, 0.3) is 17.7 Å². The fourth-order valence-electron chi connectivity index (χ4n) is 4.05. The van der Waals surface area contributed by atoms with Gasteiger partial charge >= 0.3 is 5.97 Å². The van der Waals surface area contributed by atoms with Gasteiger partial charge in [-0.25, -0.2) is 4.79 Å². The number of hydrogen-bond acceptors (Lipinski definition) is 5. The topological polar surface area (TPSA) is 92.8 Å². The molecule has 9 heteroatoms. The zero-order valence-electron chi connectivity index (χ0n) is 17.0. The van der Waals surface area contributed by atoms with E-state index in [1.54, 1.807) is 6.07 Å². The van der Waals surface area contributed by atoms with E-state index in [0.29, 0.717) is 10.7 Å². The second kappa shape index (κ2) is 9.30. The molecule has 0 atom stereocenters. The van der Waals surface area contributed by atoms with Gasteiger partial charge in [0, 0.05) is 11.1 Å². The summed E-state index contributed by atoms with van der Waals surface area (Å²) < 4.78 is 5.06. The van der Waals surface area contributed by atoms with Crippen molar-refractivity contribution >= 4 is 52.6 Å². The first-order chi connectivity index (χ1) is 15.3. The van der Waals surface area contributed by atoms with Crippen molar-refractivity contribution in [1.82, 2.24) is 4.90 Å². The first kappa shape index (κ1) is 22.3. The monoisotopic (exact) mass is 474 g/mol. The summed E-state index contributed by atoms with van der Waals surface area (Å²) in [6, 6.07) is 8.71. The molecule has 0 aromatic heterocycles. The fourth-order valence-corrected chi connectivity index (χ4v) is 4.50. The van der Waals surface area contributed by atoms with Gasteiger partial charge in [-0.05, 0) is 49.2 Å². The van der Waals surface area contributed by atoms with Crippen LogP contribution in [0.1, 0.15) is 63.2 Å². The number of hydrogen-bond donors (Lipinski definition) is 1. The number of ether oxygens (including phenoxy) is 1. The lowest BCUT2D eigenvalue weighted by Gasteiger charge is -2.29. The molecule has 0 unspecified atom stereocenters. The number of benzene rings is 2. The zero-order chi connectivity index (χ0) is 22.8. The van der Waals surface area contributed by atoms with Crippen molar-refractivity contribution in [2.45, 2.75) is 38.1 Å². The number of carbonyl (C=O) groups excluding carboxylic acids is 4. The predicted octanol–water partition coefficient (Wildman–Crippen LogP) is 4.72. The van der Waals surface area contributed by atoms with Gasteiger partial charge in [-0.3, -0.25) is 19.3 Å². The molecule has 7 nitrogen and oxygen atoms in total. The molecular weight excluding hydrogens is 455 g/mol. The van der Waals surface area contributed by atoms with Crippen molar-refractivity contribution in [3.8, 4) is 0 Å². The average molecular weight is 475 g/mol. The van der Waals surface area contributed by atoms with Crippen molar-refractivity contribution in [2.24, 2.45) is 0 Å². The maximum Gasteiger partial charge on any atom is 0.338 e. The molecule has 2 aromatic carbocycles. The summed E-state index contributed by atoms with van der Waals surface area (Å²) in [5.74, 6) is -2.07. The van der Waals surface area contributed by atoms with Crippen LogP contribution in [0.5, 0.6) is 0 Å². The Hall–Kier alpha value is -2.90. The van der Waals surface area contributed by atoms with E-state index in [1.165, 1.54) is 35.2 Å². The molecule has 0 radical (unpaired) electrons. The first-order valence-corrected chi connectivity index (χ1v) is 11.0. The molecule has 1 N–H and O–H groups in total. The number of esters is 1. The molecule has 1 heterocycles. The number of nitrogens with zero attached hydrogens (tertiary/aromatic N) is 1. The summed E-state index contributed by atoms with van der Waals surface area (Å²) in [6.45, 7) is -0.546. The maximum atomic E-state index is 12.9. The van der Waals surface area contributed by atoms with Crippen LogP contribution in [0.2, 0.25) is 10.0 Å². The molecule has 1 fully saturated rings. The van der Waals surface area contributed by atoms with Gasteiger partial charge in [-0.2, -0.15) is 0 Å². The molecule has 3 amide bonds. The van der Waals surface area contributed by atoms with E-state index in [4.69, 9.17) is 27.9 Å². The number of halogens is 2. The number of amides is 3. The Labute approximate surface area is 194 Å². The summed E-state index contributed by atoms with van der Waals surface area (Å²) in [5.41, 5.74) is 0.897. The molecule has 0 saturated heterocycles. The Balaban J connectivity index is 1.40. The van der Waals surface area contributed by atoms with Crippen LogP contribution in [0.4, 0.5) is 5.69 Å². The van der Waals surface area contributed by atoms with Crippen molar-refractivity contribution in [1.29, 1.82) is 0 Å². The number of carbonyl (C=O) groups is 4. The van der Waals surface area contributed by atoms with E-state index in [2.05, 4.69) is 5.32 Å². The predicted molar refractivity (Wildman–Crippen MR) is 119 cm³/mol. The van der Waals surface area contributed by atoms with Crippen LogP contribution in [0.3, 0.4) is 0 Å². The zero-order valence-corrected chi connectivity index (χ0v) is 18.5. The lowest BCUT2D eigenvalue weighted by atomic mass is 9.94. The molecule has 2 aliphatic rings. The lowest BCUT2D eigenvalue weighted by molar-refractivity contribution is -0.119. The smallest absolute Gasteiger partial charge is 0.338 e. The second-order valence-electron chi connectivity index (χ2n) is 7.78. The van der Waals surface area contributed by atoms with E-state index >= 15 is 0 Å². The van der Waals surface area contributed by atoms with Crippen molar-refractivity contribution in [3.63, 3.8) is 0 Å². The second-order valence-corrected chi connectivity index (χ2v) is 8.62. The highest BCUT2D eigenvalue weighted by Gasteiger charge is 2.40. The largest absolute Gasteiger partial charge is 0.452 e. The highest BCUT2D eigenvalue weighted by Crippen LogP contribution is 2.31. The highest BCUT2D eigenvalue weighted by atomic mass is 35.5. The average Bonchev–Trinajstić information content (AvgIpc) is 3.04. The lowest BCUT2D eigenvalue weighted by Crippen LogP contribution is -2.40. The Morgan fingerprint density at radius 3 is 2.41 bits per heavy atom. The molecule has 1 aliphatic carbocycles. The Kier molecular flexibility index (Phi) is 6.48. The van der Waals surface area contributed by atoms with Crippen LogP contribution in [-0.4, -0.2) is 41.2 Å². The minimum atomic E-state index is -0.776. The van der Waals surface area contributed by atoms with Gasteiger partial charge < -0.3 is 10.1 Å². The SMILES string of the molecule is O=C(COC(=O)c1ccc2c(c1)C(=O)N(C1CCCCC1)C2=O)Nc1ccc(Cl)cc1Cl. The third-order valence-corrected chi connectivity index (χ3v) is 6.18. The van der Waals surface area contributed by atoms with Gasteiger partial charge in [0.05, 0.1) is 27.4 Å². The van der Waals surface area contributed by atoms with Crippen LogP contribution >= 0.6 is 23.2 Å². The third kappa shape index (κ3) is 4.49. The number of rotatable bonds is 5. The molecular formula is C23H20Cl2N2O5. The molecule has 0 bridgehead atoms. The Bertz CT molecular complexity index is 1110. The Morgan fingerprint density at radius 1 is 0.969 bits per heavy atom. The highest BCUT2D eigenvalue weighted by molar-refractivity contribution is 6.36. The van der Waals surface area contributed by atoms with Crippen LogP contribution in [0, 0.1) is 0 Å². The number of anilines is 1. The molecule has 32 heavy (non-hydrogen) atoms. The molecule has 4 rings (SSSR count). The van der Waals surface area contributed by atoms with E-state index in [9.17, 15) is 19.2 Å². The van der Waals surface area contributed by atoms with Crippen molar-refractivity contribution in [3.05, 3.63) is 63.1 Å². The minimum Gasteiger partial charge on any atom is -0.452 e. The molecule has 1 aliphatic heterocycles. The molecule has 0 spiro atoms. The normalized spacial score (nSPS) is 16.1. The molecule has 1 saturated carbocycles. The number of nitrogens with one attached hydrogen (secondary N) is 1. The summed E-state index contributed by atoms with van der Waals surface area (Å²) in [6.07, 6.45) is 4.67. The van der Waals surface area contributed by atoms with Gasteiger partial charge in [-0.1, -0.05) is 42.5 Å². The van der Waals surface area contributed by atoms with Crippen molar-refractivity contribution < 1.29 is 23.9 Å². The molecule has 166 valence electrons. The van der Waals surface area contributed by atoms with E-state index in [-0.39, 0.29) is 39.6 Å². The molecule has 2 aromatic rings. The fraction of sp³-hybridized carbons (Fsp3) is 0.304. The van der Waals surface area contributed by atoms with E-state index < -0.39 is 18.5 Å². The number of imide groups is 1. The quantitative estimate of drug-likeness (QED) is 0.499. The van der Waals surface area contributed by atoms with Crippen molar-refractivity contribution in [2.75, 3.05) is 11.9 Å². The third-order valence-electron chi connectivity index (χ3n) is 5.63. The summed E-state index contributed by atoms with van der Waals surface area (Å²) in [7, 11) is 0. The minimum absolute atomic E-state index is 0.0905. The van der Waals surface area contributed by atoms with Gasteiger partial charge in [-0.15, -0.1) is 0 Å². The van der Waals surface area contributed by atoms with Crippen LogP contribution in [0.15, 0.2) is 36.4 Å². The Morgan fingerprint density at radius 2 is 1.69 bits per heavy atom. The summed E-state index contributed by atoms with van der Waals surface area (Å²) in [4.78, 5) is 51.5. The van der Waals surface area contributed by atoms with E-state index in [0.717, 1.165) is 32.1 Å². The maximum absolute atomic E-state index is 12.9. The van der Waals surface area contributed by atoms with Gasteiger partial charge in [0.1, 0.15) is 0 Å². The number of fused-ring (bicyclic) bond motifs is 1. The summed E-state index contributed by atoms with van der Waals surface area (Å²) in [5, 5.41) is 3.20. The first-order valence-electron chi connectivity index (χ1n) is 10.3. The standard InChI is InChI=1S/C23H20Cl2N2O5/c24-14-7-9-19(18(25)11-14)26-20(28)12-32-23(31)13-6-8-16-17(10-13)22(30)27(21(16)29)15-4-2-1-3-5-15/h6-11,15H,1-5,12H2,(H,26,28). The summed E-state index contributed by atoms with van der Waals surface area (Å²) >= 11 is 11.8. The van der Waals surface area contributed by atoms with Gasteiger partial charge in [0.15, 0.2) is 6.61 Å². The van der Waals surface area contributed by atoms with E-state index in [1.807, 2.05) is 0 Å². The van der Waals surface area contributed by atoms with Gasteiger partial charge in [0.2, 0.25) is 0 Å². The van der Waals surface area contributed by atoms with Crippen LogP contribution in [0.25, 0.3) is 0 Å².